The maximum atomic E-state index is 13.2. The third kappa shape index (κ3) is 2.22. The van der Waals surface area contributed by atoms with E-state index in [9.17, 15) is 9.18 Å². The zero-order chi connectivity index (χ0) is 11.4. The minimum absolute atomic E-state index is 0.0173. The van der Waals surface area contributed by atoms with Crippen LogP contribution in [-0.2, 0) is 9.63 Å². The molecule has 0 saturated heterocycles. The van der Waals surface area contributed by atoms with Crippen molar-refractivity contribution in [1.29, 1.82) is 5.26 Å². The van der Waals surface area contributed by atoms with Gasteiger partial charge in [0.05, 0.1) is 0 Å². The van der Waals surface area contributed by atoms with Crippen LogP contribution >= 0.6 is 11.6 Å². The molecule has 0 heterocycles. The maximum Gasteiger partial charge on any atom is 0.260 e. The van der Waals surface area contributed by atoms with Crippen molar-refractivity contribution >= 4 is 23.1 Å². The third-order valence-corrected chi connectivity index (χ3v) is 2.16. The van der Waals surface area contributed by atoms with Crippen LogP contribution in [0.15, 0.2) is 28.7 Å². The van der Waals surface area contributed by atoms with E-state index in [1.165, 1.54) is 13.2 Å². The molecule has 1 rings (SSSR count). The van der Waals surface area contributed by atoms with Crippen molar-refractivity contribution in [2.45, 2.75) is 5.38 Å². The van der Waals surface area contributed by atoms with Crippen LogP contribution in [0.2, 0.25) is 0 Å². The first-order valence-corrected chi connectivity index (χ1v) is 4.32. The molecular formula is C9H6ClFN2O2. The lowest BCUT2D eigenvalue weighted by atomic mass is 9.99. The Kier molecular flexibility index (Phi) is 3.58. The van der Waals surface area contributed by atoms with Crippen molar-refractivity contribution in [2.75, 3.05) is 7.11 Å². The van der Waals surface area contributed by atoms with Crippen molar-refractivity contribution in [1.82, 2.24) is 0 Å². The monoisotopic (exact) mass is 228 g/mol. The van der Waals surface area contributed by atoms with Gasteiger partial charge in [-0.3, -0.25) is 4.79 Å². The number of allylic oxidation sites excluding steroid dienone is 4. The number of Topliss-reactive ketones (excluding diaryl/α,β-unsaturated/α-hetero) is 1. The Labute approximate surface area is 90.3 Å². The van der Waals surface area contributed by atoms with Gasteiger partial charge in [0.2, 0.25) is 0 Å². The fourth-order valence-electron chi connectivity index (χ4n) is 1.04. The Balaban J connectivity index is 3.12. The molecule has 0 amide bonds. The van der Waals surface area contributed by atoms with E-state index in [2.05, 4.69) is 9.99 Å². The molecule has 0 aromatic carbocycles. The molecule has 0 bridgehead atoms. The van der Waals surface area contributed by atoms with Crippen LogP contribution in [-0.4, -0.2) is 24.0 Å². The molecule has 1 unspecified atom stereocenters. The van der Waals surface area contributed by atoms with Crippen LogP contribution in [0.5, 0.6) is 0 Å². The summed E-state index contributed by atoms with van der Waals surface area (Å²) in [5, 5.41) is 10.7. The van der Waals surface area contributed by atoms with Crippen LogP contribution in [0.4, 0.5) is 4.39 Å². The summed E-state index contributed by atoms with van der Waals surface area (Å²) in [7, 11) is 1.23. The van der Waals surface area contributed by atoms with Gasteiger partial charge >= 0.3 is 0 Å². The molecule has 15 heavy (non-hydrogen) atoms. The van der Waals surface area contributed by atoms with E-state index in [1.807, 2.05) is 0 Å². The van der Waals surface area contributed by atoms with Gasteiger partial charge in [-0.1, -0.05) is 5.16 Å². The van der Waals surface area contributed by atoms with Crippen LogP contribution < -0.4 is 0 Å². The Morgan fingerprint density at radius 1 is 1.73 bits per heavy atom. The van der Waals surface area contributed by atoms with Gasteiger partial charge in [0.15, 0.2) is 0 Å². The van der Waals surface area contributed by atoms with Crippen molar-refractivity contribution in [3.05, 3.63) is 23.6 Å². The first kappa shape index (κ1) is 11.4. The first-order valence-electron chi connectivity index (χ1n) is 3.89. The molecule has 78 valence electrons. The second-order valence-electron chi connectivity index (χ2n) is 2.60. The Bertz CT molecular complexity index is 420. The Hall–Kier alpha value is -1.67. The number of alkyl halides is 1. The second-order valence-corrected chi connectivity index (χ2v) is 3.04. The summed E-state index contributed by atoms with van der Waals surface area (Å²) in [6, 6.07) is 1.40. The van der Waals surface area contributed by atoms with Gasteiger partial charge in [0.1, 0.15) is 30.1 Å². The highest BCUT2D eigenvalue weighted by molar-refractivity contribution is 6.40. The molecule has 4 nitrogen and oxygen atoms in total. The zero-order valence-corrected chi connectivity index (χ0v) is 8.45. The van der Waals surface area contributed by atoms with Gasteiger partial charge < -0.3 is 4.84 Å². The molecule has 0 aromatic rings. The van der Waals surface area contributed by atoms with Crippen molar-refractivity contribution < 1.29 is 14.0 Å². The summed E-state index contributed by atoms with van der Waals surface area (Å²) in [4.78, 5) is 15.5. The normalized spacial score (nSPS) is 22.8. The Morgan fingerprint density at radius 3 is 2.93 bits per heavy atom. The number of halogens is 2. The highest BCUT2D eigenvalue weighted by Crippen LogP contribution is 2.23. The van der Waals surface area contributed by atoms with Gasteiger partial charge in [0, 0.05) is 5.57 Å². The second kappa shape index (κ2) is 4.71. The minimum Gasteiger partial charge on any atom is -0.399 e. The molecule has 1 aliphatic rings. The van der Waals surface area contributed by atoms with Crippen LogP contribution in [0.1, 0.15) is 0 Å². The van der Waals surface area contributed by atoms with Gasteiger partial charge in [-0.15, -0.1) is 11.6 Å². The molecule has 0 radical (unpaired) electrons. The summed E-state index contributed by atoms with van der Waals surface area (Å²) in [6.07, 6.45) is 2.18. The highest BCUT2D eigenvalue weighted by Gasteiger charge is 2.29. The molecule has 0 fully saturated rings. The van der Waals surface area contributed by atoms with Gasteiger partial charge in [-0.2, -0.15) is 5.26 Å². The van der Waals surface area contributed by atoms with Crippen LogP contribution in [0, 0.1) is 11.3 Å². The summed E-state index contributed by atoms with van der Waals surface area (Å²) < 4.78 is 13.2. The lowest BCUT2D eigenvalue weighted by molar-refractivity contribution is -0.110. The maximum absolute atomic E-state index is 13.2. The smallest absolute Gasteiger partial charge is 0.260 e. The van der Waals surface area contributed by atoms with E-state index in [-0.39, 0.29) is 11.3 Å². The fourth-order valence-corrected chi connectivity index (χ4v) is 1.36. The number of nitriles is 1. The zero-order valence-electron chi connectivity index (χ0n) is 7.70. The average molecular weight is 229 g/mol. The average Bonchev–Trinajstić information content (AvgIpc) is 2.23. The first-order chi connectivity index (χ1) is 7.11. The lowest BCUT2D eigenvalue weighted by Gasteiger charge is -2.14. The predicted molar refractivity (Wildman–Crippen MR) is 52.0 cm³/mol. The fraction of sp³-hybridized carbons (Fsp3) is 0.222. The van der Waals surface area contributed by atoms with E-state index >= 15 is 0 Å². The van der Waals surface area contributed by atoms with Crippen molar-refractivity contribution in [3.8, 4) is 6.07 Å². The van der Waals surface area contributed by atoms with E-state index in [4.69, 9.17) is 16.9 Å². The van der Waals surface area contributed by atoms with Crippen LogP contribution in [0.25, 0.3) is 0 Å². The number of rotatable bonds is 2. The SMILES string of the molecule is CON=C1C(F)=CC=C(C(=O)C#N)C1Cl. The number of hydrogen-bond donors (Lipinski definition) is 0. The molecule has 0 N–H and O–H groups in total. The van der Waals surface area contributed by atoms with Crippen molar-refractivity contribution in [2.24, 2.45) is 5.16 Å². The lowest BCUT2D eigenvalue weighted by Crippen LogP contribution is -2.25. The summed E-state index contributed by atoms with van der Waals surface area (Å²) >= 11 is 5.76. The van der Waals surface area contributed by atoms with Crippen LogP contribution in [0.3, 0.4) is 0 Å². The number of ketones is 1. The topological polar surface area (TPSA) is 62.4 Å². The minimum atomic E-state index is -1.10. The number of nitrogens with zero attached hydrogens (tertiary/aromatic N) is 2. The quantitative estimate of drug-likeness (QED) is 0.409. The highest BCUT2D eigenvalue weighted by atomic mass is 35.5. The molecule has 0 aliphatic heterocycles. The molecule has 1 atom stereocenters. The number of oxime groups is 1. The van der Waals surface area contributed by atoms with Gasteiger partial charge in [-0.25, -0.2) is 4.39 Å². The molecule has 0 aromatic heterocycles. The van der Waals surface area contributed by atoms with Gasteiger partial charge in [0.25, 0.3) is 5.78 Å². The van der Waals surface area contributed by atoms with E-state index in [1.54, 1.807) is 0 Å². The Morgan fingerprint density at radius 2 is 2.40 bits per heavy atom. The predicted octanol–water partition coefficient (Wildman–Crippen LogP) is 1.48. The molecular weight excluding hydrogens is 223 g/mol. The summed E-state index contributed by atoms with van der Waals surface area (Å²) in [5.41, 5.74) is -0.225. The van der Waals surface area contributed by atoms with E-state index < -0.39 is 17.0 Å². The summed E-state index contributed by atoms with van der Waals surface area (Å²) in [5.74, 6) is -1.51. The third-order valence-electron chi connectivity index (χ3n) is 1.72. The number of carbonyl (C=O) groups excluding carboxylic acids is 1. The molecule has 0 spiro atoms. The summed E-state index contributed by atoms with van der Waals surface area (Å²) in [6.45, 7) is 0. The molecule has 0 saturated carbocycles. The van der Waals surface area contributed by atoms with Gasteiger partial charge in [-0.05, 0) is 12.2 Å². The van der Waals surface area contributed by atoms with E-state index in [0.717, 1.165) is 12.2 Å². The number of carbonyl (C=O) groups is 1. The largest absolute Gasteiger partial charge is 0.399 e. The molecule has 1 aliphatic carbocycles. The standard InChI is InChI=1S/C9H6ClFN2O2/c1-15-13-9-6(11)3-2-5(8(9)10)7(14)4-12/h2-3,8H,1H3. The van der Waals surface area contributed by atoms with E-state index in [0.29, 0.717) is 0 Å². The molecule has 6 heteroatoms. The number of hydrogen-bond acceptors (Lipinski definition) is 4. The van der Waals surface area contributed by atoms with Crippen molar-refractivity contribution in [3.63, 3.8) is 0 Å².